The minimum Gasteiger partial charge on any atom is -0.481 e. The summed E-state index contributed by atoms with van der Waals surface area (Å²) in [5, 5.41) is 9.40. The van der Waals surface area contributed by atoms with Gasteiger partial charge in [0.05, 0.1) is 5.41 Å². The van der Waals surface area contributed by atoms with Crippen LogP contribution in [0.25, 0.3) is 0 Å². The molecule has 1 aliphatic carbocycles. The van der Waals surface area contributed by atoms with Crippen LogP contribution in [0.2, 0.25) is 0 Å². The predicted molar refractivity (Wildman–Crippen MR) is 63.5 cm³/mol. The van der Waals surface area contributed by atoms with Gasteiger partial charge in [-0.2, -0.15) is 0 Å². The Balaban J connectivity index is 2.65. The molecule has 0 aromatic heterocycles. The van der Waals surface area contributed by atoms with Crippen molar-refractivity contribution in [3.05, 3.63) is 34.9 Å². The second-order valence-corrected chi connectivity index (χ2v) is 4.84. The Morgan fingerprint density at radius 1 is 1.33 bits per heavy atom. The van der Waals surface area contributed by atoms with Crippen LogP contribution < -0.4 is 0 Å². The van der Waals surface area contributed by atoms with E-state index in [4.69, 9.17) is 0 Å². The second-order valence-electron chi connectivity index (χ2n) is 4.84. The Morgan fingerprint density at radius 3 is 2.44 bits per heavy atom. The zero-order valence-electron chi connectivity index (χ0n) is 10.3. The molecule has 0 unspecified atom stereocenters. The molecule has 1 N–H and O–H groups in total. The summed E-state index contributed by atoms with van der Waals surface area (Å²) in [5.41, 5.74) is -1.25. The predicted octanol–water partition coefficient (Wildman–Crippen LogP) is 3.42. The van der Waals surface area contributed by atoms with Gasteiger partial charge in [-0.3, -0.25) is 4.79 Å². The lowest BCUT2D eigenvalue weighted by atomic mass is 9.77. The molecule has 1 fully saturated rings. The second kappa shape index (κ2) is 4.67. The molecule has 0 radical (unpaired) electrons. The quantitative estimate of drug-likeness (QED) is 0.897. The summed E-state index contributed by atoms with van der Waals surface area (Å²) >= 11 is 0. The van der Waals surface area contributed by atoms with Crippen LogP contribution in [0.3, 0.4) is 0 Å². The largest absolute Gasteiger partial charge is 0.481 e. The third kappa shape index (κ3) is 1.80. The van der Waals surface area contributed by atoms with E-state index in [1.165, 1.54) is 12.1 Å². The molecule has 4 heteroatoms. The number of carbonyl (C=O) groups is 1. The highest BCUT2D eigenvalue weighted by atomic mass is 19.1. The Bertz CT molecular complexity index is 477. The first-order chi connectivity index (χ1) is 8.53. The van der Waals surface area contributed by atoms with Crippen LogP contribution in [0, 0.1) is 11.6 Å². The van der Waals surface area contributed by atoms with Gasteiger partial charge >= 0.3 is 5.97 Å². The van der Waals surface area contributed by atoms with E-state index in [-0.39, 0.29) is 5.56 Å². The van der Waals surface area contributed by atoms with E-state index in [1.807, 2.05) is 0 Å². The number of aliphatic carboxylic acids is 1. The summed E-state index contributed by atoms with van der Waals surface area (Å²) in [7, 11) is 0. The lowest BCUT2D eigenvalue weighted by Crippen LogP contribution is -2.35. The molecule has 98 valence electrons. The van der Waals surface area contributed by atoms with Crippen LogP contribution in [-0.2, 0) is 16.6 Å². The SMILES string of the molecule is CCc1ccc(F)c(C2(C(=O)O)CCCC2)c1F. The first kappa shape index (κ1) is 13.0. The lowest BCUT2D eigenvalue weighted by Gasteiger charge is -2.26. The number of rotatable bonds is 3. The molecule has 2 rings (SSSR count). The molecule has 0 saturated heterocycles. The standard InChI is InChI=1S/C14H16F2O2/c1-2-9-5-6-10(15)11(12(9)16)14(13(17)18)7-3-4-8-14/h5-6H,2-4,7-8H2,1H3,(H,17,18). The van der Waals surface area contributed by atoms with Gasteiger partial charge in [0.1, 0.15) is 11.6 Å². The Hall–Kier alpha value is -1.45. The maximum atomic E-state index is 14.3. The van der Waals surface area contributed by atoms with Gasteiger partial charge in [-0.15, -0.1) is 0 Å². The van der Waals surface area contributed by atoms with Crippen LogP contribution in [-0.4, -0.2) is 11.1 Å². The molecule has 2 nitrogen and oxygen atoms in total. The van der Waals surface area contributed by atoms with Gasteiger partial charge in [-0.1, -0.05) is 25.8 Å². The summed E-state index contributed by atoms with van der Waals surface area (Å²) in [5.74, 6) is -2.54. The first-order valence-electron chi connectivity index (χ1n) is 6.23. The molecule has 1 aromatic carbocycles. The fourth-order valence-corrected chi connectivity index (χ4v) is 2.86. The van der Waals surface area contributed by atoms with Gasteiger partial charge in [-0.25, -0.2) is 8.78 Å². The van der Waals surface area contributed by atoms with Crippen molar-refractivity contribution >= 4 is 5.97 Å². The van der Waals surface area contributed by atoms with Crippen LogP contribution in [0.1, 0.15) is 43.7 Å². The molecule has 1 saturated carbocycles. The number of carboxylic acids is 1. The van der Waals surface area contributed by atoms with E-state index >= 15 is 0 Å². The number of aryl methyl sites for hydroxylation is 1. The van der Waals surface area contributed by atoms with Crippen molar-refractivity contribution in [2.45, 2.75) is 44.4 Å². The number of carboxylic acid groups (broad SMARTS) is 1. The normalized spacial score (nSPS) is 17.9. The van der Waals surface area contributed by atoms with Gasteiger partial charge in [0.15, 0.2) is 0 Å². The third-order valence-electron chi connectivity index (χ3n) is 3.90. The number of halogens is 2. The monoisotopic (exact) mass is 254 g/mol. The molecule has 0 aliphatic heterocycles. The minimum atomic E-state index is -1.38. The molecule has 1 aromatic rings. The van der Waals surface area contributed by atoms with E-state index in [0.717, 1.165) is 0 Å². The van der Waals surface area contributed by atoms with Crippen molar-refractivity contribution in [1.82, 2.24) is 0 Å². The van der Waals surface area contributed by atoms with E-state index < -0.39 is 23.0 Å². The molecule has 0 amide bonds. The van der Waals surface area contributed by atoms with E-state index in [1.54, 1.807) is 6.92 Å². The average Bonchev–Trinajstić information content (AvgIpc) is 2.80. The van der Waals surface area contributed by atoms with Gasteiger partial charge < -0.3 is 5.11 Å². The van der Waals surface area contributed by atoms with Crippen LogP contribution >= 0.6 is 0 Å². The lowest BCUT2D eigenvalue weighted by molar-refractivity contribution is -0.143. The molecule has 0 spiro atoms. The summed E-state index contributed by atoms with van der Waals surface area (Å²) < 4.78 is 28.2. The molecule has 18 heavy (non-hydrogen) atoms. The first-order valence-corrected chi connectivity index (χ1v) is 6.23. The van der Waals surface area contributed by atoms with E-state index in [9.17, 15) is 18.7 Å². The number of hydrogen-bond acceptors (Lipinski definition) is 1. The molecular formula is C14H16F2O2. The summed E-state index contributed by atoms with van der Waals surface area (Å²) in [6, 6.07) is 2.57. The van der Waals surface area contributed by atoms with Crippen molar-refractivity contribution in [3.8, 4) is 0 Å². The molecular weight excluding hydrogens is 238 g/mol. The Kier molecular flexibility index (Phi) is 3.37. The van der Waals surface area contributed by atoms with Gasteiger partial charge in [0.2, 0.25) is 0 Å². The summed E-state index contributed by atoms with van der Waals surface area (Å²) in [4.78, 5) is 11.5. The molecule has 0 heterocycles. The van der Waals surface area contributed by atoms with Crippen molar-refractivity contribution in [3.63, 3.8) is 0 Å². The van der Waals surface area contributed by atoms with E-state index in [2.05, 4.69) is 0 Å². The Labute approximate surface area is 105 Å². The maximum Gasteiger partial charge on any atom is 0.314 e. The minimum absolute atomic E-state index is 0.244. The smallest absolute Gasteiger partial charge is 0.314 e. The van der Waals surface area contributed by atoms with Crippen molar-refractivity contribution < 1.29 is 18.7 Å². The zero-order chi connectivity index (χ0) is 13.3. The topological polar surface area (TPSA) is 37.3 Å². The van der Waals surface area contributed by atoms with Gasteiger partial charge in [0, 0.05) is 5.56 Å². The summed E-state index contributed by atoms with van der Waals surface area (Å²) in [6.45, 7) is 1.77. The van der Waals surface area contributed by atoms with Crippen LogP contribution in [0.5, 0.6) is 0 Å². The van der Waals surface area contributed by atoms with Crippen LogP contribution in [0.15, 0.2) is 12.1 Å². The number of hydrogen-bond donors (Lipinski definition) is 1. The van der Waals surface area contributed by atoms with E-state index in [0.29, 0.717) is 37.7 Å². The van der Waals surface area contributed by atoms with Crippen molar-refractivity contribution in [1.29, 1.82) is 0 Å². The fraction of sp³-hybridized carbons (Fsp3) is 0.500. The van der Waals surface area contributed by atoms with Crippen molar-refractivity contribution in [2.75, 3.05) is 0 Å². The van der Waals surface area contributed by atoms with Gasteiger partial charge in [-0.05, 0) is 30.9 Å². The highest BCUT2D eigenvalue weighted by Gasteiger charge is 2.46. The highest BCUT2D eigenvalue weighted by Crippen LogP contribution is 2.44. The molecule has 0 atom stereocenters. The molecule has 1 aliphatic rings. The van der Waals surface area contributed by atoms with Gasteiger partial charge in [0.25, 0.3) is 0 Å². The number of benzene rings is 1. The maximum absolute atomic E-state index is 14.3. The third-order valence-corrected chi connectivity index (χ3v) is 3.90. The average molecular weight is 254 g/mol. The van der Waals surface area contributed by atoms with Crippen molar-refractivity contribution in [2.24, 2.45) is 0 Å². The zero-order valence-corrected chi connectivity index (χ0v) is 10.3. The fourth-order valence-electron chi connectivity index (χ4n) is 2.86. The molecule has 0 bridgehead atoms. The Morgan fingerprint density at radius 2 is 1.94 bits per heavy atom. The highest BCUT2D eigenvalue weighted by molar-refractivity contribution is 5.82. The van der Waals surface area contributed by atoms with Crippen LogP contribution in [0.4, 0.5) is 8.78 Å². The summed E-state index contributed by atoms with van der Waals surface area (Å²) in [6.07, 6.45) is 2.44.